The van der Waals surface area contributed by atoms with Crippen LogP contribution in [0.2, 0.25) is 0 Å². The molecule has 2 heterocycles. The number of hydrogen-bond donors (Lipinski definition) is 1. The Morgan fingerprint density at radius 3 is 2.71 bits per heavy atom. The van der Waals surface area contributed by atoms with E-state index in [0.717, 1.165) is 35.6 Å². The molecule has 1 aromatic heterocycles. The number of rotatable bonds is 4. The minimum absolute atomic E-state index is 0.0493. The highest BCUT2D eigenvalue weighted by atomic mass is 16.5. The van der Waals surface area contributed by atoms with Gasteiger partial charge in [0.05, 0.1) is 12.2 Å². The van der Waals surface area contributed by atoms with Gasteiger partial charge in [-0.2, -0.15) is 0 Å². The number of hydrogen-bond acceptors (Lipinski definition) is 3. The number of nitrogens with one attached hydrogen (secondary N) is 1. The zero-order valence-electron chi connectivity index (χ0n) is 13.2. The molecule has 0 saturated carbocycles. The van der Waals surface area contributed by atoms with Crippen molar-refractivity contribution in [3.05, 3.63) is 41.6 Å². The van der Waals surface area contributed by atoms with Gasteiger partial charge in [0.15, 0.2) is 0 Å². The fraction of sp³-hybridized carbons (Fsp3) is 0.471. The largest absolute Gasteiger partial charge is 0.466 e. The van der Waals surface area contributed by atoms with Crippen molar-refractivity contribution < 1.29 is 14.3 Å². The Morgan fingerprint density at radius 1 is 1.48 bits per heavy atom. The molecule has 1 aromatic rings. The van der Waals surface area contributed by atoms with Gasteiger partial charge >= 0.3 is 5.97 Å². The zero-order chi connectivity index (χ0) is 15.6. The standard InChI is InChI=1S/C17H23NO3/c1-6-13(15-9-17(4,5)11(3)21-15)14-8-12(10-18-14)16(19)20-7-2/h8,10,18H,3,6-7,9H2,1-2,4-5H3/b15-13+. The van der Waals surface area contributed by atoms with Gasteiger partial charge in [0.2, 0.25) is 0 Å². The molecule has 0 bridgehead atoms. The molecule has 4 heteroatoms. The van der Waals surface area contributed by atoms with Crippen LogP contribution >= 0.6 is 0 Å². The minimum atomic E-state index is -0.308. The van der Waals surface area contributed by atoms with Crippen molar-refractivity contribution >= 4 is 11.5 Å². The molecule has 0 radical (unpaired) electrons. The maximum absolute atomic E-state index is 11.7. The highest BCUT2D eigenvalue weighted by Gasteiger charge is 2.35. The van der Waals surface area contributed by atoms with Crippen molar-refractivity contribution in [2.24, 2.45) is 5.41 Å². The van der Waals surface area contributed by atoms with Gasteiger partial charge in [0, 0.05) is 29.3 Å². The Balaban J connectivity index is 2.31. The molecule has 21 heavy (non-hydrogen) atoms. The topological polar surface area (TPSA) is 51.3 Å². The van der Waals surface area contributed by atoms with Crippen molar-refractivity contribution in [2.45, 2.75) is 40.5 Å². The molecule has 0 aromatic carbocycles. The summed E-state index contributed by atoms with van der Waals surface area (Å²) in [6.07, 6.45) is 3.32. The van der Waals surface area contributed by atoms with Gasteiger partial charge in [-0.1, -0.05) is 27.4 Å². The third-order valence-corrected chi connectivity index (χ3v) is 3.81. The number of aromatic nitrogens is 1. The minimum Gasteiger partial charge on any atom is -0.466 e. The average Bonchev–Trinajstić information content (AvgIpc) is 2.97. The second-order valence-electron chi connectivity index (χ2n) is 5.86. The second-order valence-corrected chi connectivity index (χ2v) is 5.86. The zero-order valence-corrected chi connectivity index (χ0v) is 13.2. The molecule has 0 atom stereocenters. The summed E-state index contributed by atoms with van der Waals surface area (Å²) in [4.78, 5) is 14.9. The molecular formula is C17H23NO3. The number of ether oxygens (including phenoxy) is 2. The van der Waals surface area contributed by atoms with Crippen LogP contribution in [0.15, 0.2) is 30.4 Å². The third-order valence-electron chi connectivity index (χ3n) is 3.81. The van der Waals surface area contributed by atoms with E-state index in [0.29, 0.717) is 12.2 Å². The Bertz CT molecular complexity index is 593. The molecule has 0 unspecified atom stereocenters. The monoisotopic (exact) mass is 289 g/mol. The number of H-pyrrole nitrogens is 1. The Labute approximate surface area is 125 Å². The molecular weight excluding hydrogens is 266 g/mol. The molecule has 1 aliphatic rings. The van der Waals surface area contributed by atoms with Crippen molar-refractivity contribution in [1.29, 1.82) is 0 Å². The van der Waals surface area contributed by atoms with Crippen LogP contribution in [0.3, 0.4) is 0 Å². The first-order chi connectivity index (χ1) is 9.89. The lowest BCUT2D eigenvalue weighted by Crippen LogP contribution is -2.06. The fourth-order valence-corrected chi connectivity index (χ4v) is 2.43. The molecule has 2 rings (SSSR count). The van der Waals surface area contributed by atoms with E-state index in [9.17, 15) is 4.79 Å². The maximum atomic E-state index is 11.7. The van der Waals surface area contributed by atoms with E-state index in [1.807, 2.05) is 6.07 Å². The molecule has 114 valence electrons. The van der Waals surface area contributed by atoms with E-state index in [1.165, 1.54) is 0 Å². The van der Waals surface area contributed by atoms with E-state index in [4.69, 9.17) is 9.47 Å². The normalized spacial score (nSPS) is 19.3. The Hall–Kier alpha value is -1.97. The van der Waals surface area contributed by atoms with Crippen LogP contribution in [0, 0.1) is 5.41 Å². The van der Waals surface area contributed by atoms with Crippen LogP contribution < -0.4 is 0 Å². The lowest BCUT2D eigenvalue weighted by Gasteiger charge is -2.13. The summed E-state index contributed by atoms with van der Waals surface area (Å²) in [5.74, 6) is 1.42. The van der Waals surface area contributed by atoms with Crippen molar-refractivity contribution in [1.82, 2.24) is 4.98 Å². The SMILES string of the molecule is C=C1O/C(=C(\CC)c2cc(C(=O)OCC)c[nH]2)CC1(C)C. The molecule has 1 fully saturated rings. The maximum Gasteiger partial charge on any atom is 0.339 e. The van der Waals surface area contributed by atoms with E-state index in [2.05, 4.69) is 32.3 Å². The summed E-state index contributed by atoms with van der Waals surface area (Å²) >= 11 is 0. The van der Waals surface area contributed by atoms with Crippen LogP contribution in [0.5, 0.6) is 0 Å². The van der Waals surface area contributed by atoms with Gasteiger partial charge in [-0.05, 0) is 19.4 Å². The lowest BCUT2D eigenvalue weighted by molar-refractivity contribution is 0.0526. The molecule has 1 N–H and O–H groups in total. The van der Waals surface area contributed by atoms with Crippen LogP contribution in [0.25, 0.3) is 5.57 Å². The number of esters is 1. The Morgan fingerprint density at radius 2 is 2.19 bits per heavy atom. The quantitative estimate of drug-likeness (QED) is 0.842. The number of carbonyl (C=O) groups excluding carboxylic acids is 1. The summed E-state index contributed by atoms with van der Waals surface area (Å²) < 4.78 is 10.9. The molecule has 0 spiro atoms. The first-order valence-corrected chi connectivity index (χ1v) is 7.34. The highest BCUT2D eigenvalue weighted by molar-refractivity contribution is 5.90. The summed E-state index contributed by atoms with van der Waals surface area (Å²) in [5.41, 5.74) is 2.47. The van der Waals surface area contributed by atoms with Crippen molar-refractivity contribution in [3.8, 4) is 0 Å². The van der Waals surface area contributed by atoms with Gasteiger partial charge in [0.25, 0.3) is 0 Å². The molecule has 0 amide bonds. The van der Waals surface area contributed by atoms with Crippen LogP contribution in [-0.4, -0.2) is 17.6 Å². The van der Waals surface area contributed by atoms with Gasteiger partial charge in [0.1, 0.15) is 11.5 Å². The molecule has 1 saturated heterocycles. The summed E-state index contributed by atoms with van der Waals surface area (Å²) in [6, 6.07) is 1.82. The van der Waals surface area contributed by atoms with Gasteiger partial charge in [-0.15, -0.1) is 0 Å². The summed E-state index contributed by atoms with van der Waals surface area (Å²) in [7, 11) is 0. The van der Waals surface area contributed by atoms with E-state index >= 15 is 0 Å². The number of carbonyl (C=O) groups is 1. The number of allylic oxidation sites excluding steroid dienone is 3. The molecule has 1 aliphatic heterocycles. The van der Waals surface area contributed by atoms with Gasteiger partial charge in [-0.3, -0.25) is 0 Å². The summed E-state index contributed by atoms with van der Waals surface area (Å²) in [5, 5.41) is 0. The van der Waals surface area contributed by atoms with Crippen LogP contribution in [-0.2, 0) is 9.47 Å². The van der Waals surface area contributed by atoms with Gasteiger partial charge < -0.3 is 14.5 Å². The predicted molar refractivity (Wildman–Crippen MR) is 82.6 cm³/mol. The van der Waals surface area contributed by atoms with E-state index in [-0.39, 0.29) is 11.4 Å². The average molecular weight is 289 g/mol. The van der Waals surface area contributed by atoms with Gasteiger partial charge in [-0.25, -0.2) is 4.79 Å². The fourth-order valence-electron chi connectivity index (χ4n) is 2.43. The van der Waals surface area contributed by atoms with Crippen LogP contribution in [0.1, 0.15) is 56.6 Å². The predicted octanol–water partition coefficient (Wildman–Crippen LogP) is 4.27. The second kappa shape index (κ2) is 5.80. The Kier molecular flexibility index (Phi) is 4.26. The van der Waals surface area contributed by atoms with Crippen molar-refractivity contribution in [3.63, 3.8) is 0 Å². The molecule has 0 aliphatic carbocycles. The third kappa shape index (κ3) is 3.04. The lowest BCUT2D eigenvalue weighted by atomic mass is 9.88. The molecule has 4 nitrogen and oxygen atoms in total. The van der Waals surface area contributed by atoms with Crippen LogP contribution in [0.4, 0.5) is 0 Å². The van der Waals surface area contributed by atoms with E-state index < -0.39 is 0 Å². The smallest absolute Gasteiger partial charge is 0.339 e. The summed E-state index contributed by atoms with van der Waals surface area (Å²) in [6.45, 7) is 12.5. The first-order valence-electron chi connectivity index (χ1n) is 7.34. The highest BCUT2D eigenvalue weighted by Crippen LogP contribution is 2.45. The van der Waals surface area contributed by atoms with E-state index in [1.54, 1.807) is 13.1 Å². The first kappa shape index (κ1) is 15.4. The number of aromatic amines is 1. The van der Waals surface area contributed by atoms with Crippen molar-refractivity contribution in [2.75, 3.05) is 6.61 Å².